The van der Waals surface area contributed by atoms with Crippen LogP contribution in [0, 0.1) is 11.3 Å². The van der Waals surface area contributed by atoms with Crippen LogP contribution in [0.4, 0.5) is 17.3 Å². The van der Waals surface area contributed by atoms with Crippen LogP contribution in [0.2, 0.25) is 0 Å². The highest BCUT2D eigenvalue weighted by Gasteiger charge is 2.20. The second kappa shape index (κ2) is 9.02. The number of methoxy groups -OCH3 is 1. The van der Waals surface area contributed by atoms with E-state index in [1.807, 2.05) is 12.1 Å². The SMILES string of the molecule is COc1cc(N2CCN(C(C)C)CC2)ccc1-c1cc(Nc2cnc(C#N)cn2)n[nH]1. The maximum Gasteiger partial charge on any atom is 0.158 e. The van der Waals surface area contributed by atoms with Crippen molar-refractivity contribution in [3.05, 3.63) is 42.4 Å². The van der Waals surface area contributed by atoms with Crippen LogP contribution in [0.5, 0.6) is 5.75 Å². The highest BCUT2D eigenvalue weighted by molar-refractivity contribution is 5.73. The summed E-state index contributed by atoms with van der Waals surface area (Å²) in [5.41, 5.74) is 3.19. The molecule has 9 nitrogen and oxygen atoms in total. The number of aromatic nitrogens is 4. The molecule has 4 rings (SSSR count). The van der Waals surface area contributed by atoms with Crippen LogP contribution in [-0.4, -0.2) is 64.4 Å². The Balaban J connectivity index is 1.49. The number of hydrogen-bond donors (Lipinski definition) is 2. The maximum absolute atomic E-state index is 8.83. The Kier molecular flexibility index (Phi) is 6.00. The van der Waals surface area contributed by atoms with Crippen molar-refractivity contribution >= 4 is 17.3 Å². The predicted molar refractivity (Wildman–Crippen MR) is 120 cm³/mol. The summed E-state index contributed by atoms with van der Waals surface area (Å²) in [4.78, 5) is 13.1. The molecule has 0 aliphatic carbocycles. The maximum atomic E-state index is 8.83. The molecule has 3 aromatic rings. The van der Waals surface area contributed by atoms with E-state index < -0.39 is 0 Å². The highest BCUT2D eigenvalue weighted by atomic mass is 16.5. The number of aromatic amines is 1. The number of ether oxygens (including phenoxy) is 1. The molecule has 0 unspecified atom stereocenters. The molecule has 160 valence electrons. The van der Waals surface area contributed by atoms with Crippen molar-refractivity contribution in [1.82, 2.24) is 25.1 Å². The van der Waals surface area contributed by atoms with E-state index in [0.717, 1.165) is 48.9 Å². The van der Waals surface area contributed by atoms with Gasteiger partial charge in [0.2, 0.25) is 0 Å². The lowest BCUT2D eigenvalue weighted by molar-refractivity contribution is 0.209. The lowest BCUT2D eigenvalue weighted by Gasteiger charge is -2.38. The molecule has 0 bridgehead atoms. The van der Waals surface area contributed by atoms with Crippen LogP contribution >= 0.6 is 0 Å². The predicted octanol–water partition coefficient (Wildman–Crippen LogP) is 3.02. The Hall–Kier alpha value is -3.64. The van der Waals surface area contributed by atoms with Gasteiger partial charge in [-0.1, -0.05) is 0 Å². The van der Waals surface area contributed by atoms with Crippen LogP contribution < -0.4 is 15.0 Å². The largest absolute Gasteiger partial charge is 0.496 e. The van der Waals surface area contributed by atoms with Gasteiger partial charge in [0.25, 0.3) is 0 Å². The van der Waals surface area contributed by atoms with Crippen molar-refractivity contribution in [3.63, 3.8) is 0 Å². The number of nitrogens with zero attached hydrogens (tertiary/aromatic N) is 6. The van der Waals surface area contributed by atoms with E-state index in [2.05, 4.69) is 67.3 Å². The van der Waals surface area contributed by atoms with Gasteiger partial charge in [0.1, 0.15) is 17.6 Å². The van der Waals surface area contributed by atoms with Crippen molar-refractivity contribution in [2.45, 2.75) is 19.9 Å². The highest BCUT2D eigenvalue weighted by Crippen LogP contribution is 2.34. The van der Waals surface area contributed by atoms with E-state index >= 15 is 0 Å². The number of anilines is 3. The van der Waals surface area contributed by atoms with Crippen molar-refractivity contribution in [3.8, 4) is 23.1 Å². The third-order valence-electron chi connectivity index (χ3n) is 5.49. The monoisotopic (exact) mass is 418 g/mol. The third kappa shape index (κ3) is 4.59. The van der Waals surface area contributed by atoms with Crippen LogP contribution in [0.3, 0.4) is 0 Å². The number of benzene rings is 1. The van der Waals surface area contributed by atoms with Crippen molar-refractivity contribution < 1.29 is 4.74 Å². The summed E-state index contributed by atoms with van der Waals surface area (Å²) in [7, 11) is 1.68. The molecule has 3 heterocycles. The Morgan fingerprint density at radius 1 is 1.10 bits per heavy atom. The Bertz CT molecular complexity index is 1060. The van der Waals surface area contributed by atoms with Gasteiger partial charge in [0.15, 0.2) is 11.5 Å². The zero-order chi connectivity index (χ0) is 21.8. The minimum Gasteiger partial charge on any atom is -0.496 e. The summed E-state index contributed by atoms with van der Waals surface area (Å²) in [6.07, 6.45) is 2.92. The van der Waals surface area contributed by atoms with E-state index in [1.54, 1.807) is 7.11 Å². The van der Waals surface area contributed by atoms with Gasteiger partial charge in [-0.05, 0) is 26.0 Å². The Labute approximate surface area is 181 Å². The second-order valence-corrected chi connectivity index (χ2v) is 7.69. The number of piperazine rings is 1. The molecular formula is C22H26N8O. The van der Waals surface area contributed by atoms with Gasteiger partial charge in [-0.2, -0.15) is 10.4 Å². The summed E-state index contributed by atoms with van der Waals surface area (Å²) >= 11 is 0. The standard InChI is InChI=1S/C22H26N8O/c1-15(2)29-6-8-30(9-7-29)17-4-5-18(20(10-17)31-3)19-11-21(28-27-19)26-22-14-24-16(12-23)13-25-22/h4-5,10-11,13-15H,6-9H2,1-3H3,(H2,25,26,27,28). The summed E-state index contributed by atoms with van der Waals surface area (Å²) in [6, 6.07) is 10.7. The number of H-pyrrole nitrogens is 1. The fourth-order valence-corrected chi connectivity index (χ4v) is 3.70. The Morgan fingerprint density at radius 3 is 2.55 bits per heavy atom. The van der Waals surface area contributed by atoms with E-state index in [-0.39, 0.29) is 5.69 Å². The average molecular weight is 419 g/mol. The van der Waals surface area contributed by atoms with Gasteiger partial charge in [-0.25, -0.2) is 9.97 Å². The smallest absolute Gasteiger partial charge is 0.158 e. The van der Waals surface area contributed by atoms with Crippen molar-refractivity contribution in [2.75, 3.05) is 43.5 Å². The molecule has 2 aromatic heterocycles. The molecule has 1 aliphatic heterocycles. The number of nitriles is 1. The first-order valence-corrected chi connectivity index (χ1v) is 10.3. The molecule has 9 heteroatoms. The molecule has 1 aromatic carbocycles. The first-order valence-electron chi connectivity index (χ1n) is 10.3. The summed E-state index contributed by atoms with van der Waals surface area (Å²) < 4.78 is 5.69. The molecule has 2 N–H and O–H groups in total. The minimum absolute atomic E-state index is 0.267. The zero-order valence-corrected chi connectivity index (χ0v) is 18.0. The lowest BCUT2D eigenvalue weighted by atomic mass is 10.1. The van der Waals surface area contributed by atoms with Crippen molar-refractivity contribution in [2.24, 2.45) is 0 Å². The molecule has 0 radical (unpaired) electrons. The zero-order valence-electron chi connectivity index (χ0n) is 18.0. The molecule has 1 saturated heterocycles. The molecule has 1 aliphatic rings. The van der Waals surface area contributed by atoms with Gasteiger partial charge >= 0.3 is 0 Å². The van der Waals surface area contributed by atoms with Gasteiger partial charge in [0, 0.05) is 55.6 Å². The van der Waals surface area contributed by atoms with Gasteiger partial charge in [-0.3, -0.25) is 10.00 Å². The minimum atomic E-state index is 0.267. The number of rotatable bonds is 6. The molecule has 31 heavy (non-hydrogen) atoms. The number of hydrogen-bond acceptors (Lipinski definition) is 8. The molecule has 0 amide bonds. The summed E-state index contributed by atoms with van der Waals surface area (Å²) in [5.74, 6) is 1.90. The van der Waals surface area contributed by atoms with E-state index in [0.29, 0.717) is 17.7 Å². The molecule has 0 atom stereocenters. The first kappa shape index (κ1) is 20.6. The van der Waals surface area contributed by atoms with E-state index in [9.17, 15) is 0 Å². The Morgan fingerprint density at radius 2 is 1.90 bits per heavy atom. The van der Waals surface area contributed by atoms with Crippen LogP contribution in [0.25, 0.3) is 11.3 Å². The van der Waals surface area contributed by atoms with Crippen LogP contribution in [-0.2, 0) is 0 Å². The van der Waals surface area contributed by atoms with Gasteiger partial charge in [0.05, 0.1) is 25.2 Å². The average Bonchev–Trinajstić information content (AvgIpc) is 3.27. The van der Waals surface area contributed by atoms with Crippen LogP contribution in [0.1, 0.15) is 19.5 Å². The third-order valence-corrected chi connectivity index (χ3v) is 5.49. The van der Waals surface area contributed by atoms with E-state index in [1.165, 1.54) is 12.4 Å². The quantitative estimate of drug-likeness (QED) is 0.629. The fraction of sp³-hybridized carbons (Fsp3) is 0.364. The summed E-state index contributed by atoms with van der Waals surface area (Å²) in [5, 5.41) is 19.3. The van der Waals surface area contributed by atoms with Crippen molar-refractivity contribution in [1.29, 1.82) is 5.26 Å². The molecular weight excluding hydrogens is 392 g/mol. The molecule has 1 fully saturated rings. The van der Waals surface area contributed by atoms with Gasteiger partial charge < -0.3 is 15.0 Å². The molecule has 0 spiro atoms. The topological polar surface area (TPSA) is 106 Å². The lowest BCUT2D eigenvalue weighted by Crippen LogP contribution is -2.48. The normalized spacial score (nSPS) is 14.5. The first-order chi connectivity index (χ1) is 15.1. The fourth-order valence-electron chi connectivity index (χ4n) is 3.70. The summed E-state index contributed by atoms with van der Waals surface area (Å²) in [6.45, 7) is 8.63. The second-order valence-electron chi connectivity index (χ2n) is 7.69. The van der Waals surface area contributed by atoms with Gasteiger partial charge in [-0.15, -0.1) is 0 Å². The number of nitrogens with one attached hydrogen (secondary N) is 2. The van der Waals surface area contributed by atoms with E-state index in [4.69, 9.17) is 10.00 Å². The molecule has 0 saturated carbocycles. The van der Waals surface area contributed by atoms with Crippen LogP contribution in [0.15, 0.2) is 36.7 Å².